The predicted molar refractivity (Wildman–Crippen MR) is 76.3 cm³/mol. The molecule has 0 bridgehead atoms. The molecule has 3 atom stereocenters. The Labute approximate surface area is 111 Å². The van der Waals surface area contributed by atoms with Crippen LogP contribution in [-0.2, 0) is 10.8 Å². The SMILES string of the molecule is C[C@H](C[S@@](C)=O)NC[C@H](C)c1cccc(Cl)c1. The molecule has 17 heavy (non-hydrogen) atoms. The minimum absolute atomic E-state index is 0.280. The lowest BCUT2D eigenvalue weighted by Crippen LogP contribution is -2.33. The normalized spacial score (nSPS) is 16.5. The number of benzene rings is 1. The number of rotatable bonds is 6. The molecule has 1 rings (SSSR count). The van der Waals surface area contributed by atoms with Gasteiger partial charge in [-0.25, -0.2) is 0 Å². The monoisotopic (exact) mass is 273 g/mol. The first kappa shape index (κ1) is 14.7. The zero-order valence-corrected chi connectivity index (χ0v) is 12.1. The fraction of sp³-hybridized carbons (Fsp3) is 0.538. The standard InChI is InChI=1S/C13H20ClNOS/c1-10(8-15-11(2)9-17(3)16)12-5-4-6-13(14)7-12/h4-7,10-11,15H,8-9H2,1-3H3/t10-,11+,17+/m0/s1. The highest BCUT2D eigenvalue weighted by Gasteiger charge is 2.09. The Balaban J connectivity index is 2.44. The zero-order valence-electron chi connectivity index (χ0n) is 10.6. The van der Waals surface area contributed by atoms with Crippen molar-refractivity contribution in [1.82, 2.24) is 5.32 Å². The van der Waals surface area contributed by atoms with Gasteiger partial charge in [-0.15, -0.1) is 0 Å². The van der Waals surface area contributed by atoms with Crippen LogP contribution < -0.4 is 5.32 Å². The average Bonchev–Trinajstić information content (AvgIpc) is 2.25. The molecule has 0 radical (unpaired) electrons. The van der Waals surface area contributed by atoms with Gasteiger partial charge >= 0.3 is 0 Å². The lowest BCUT2D eigenvalue weighted by molar-refractivity contribution is 0.549. The van der Waals surface area contributed by atoms with Crippen LogP contribution in [0, 0.1) is 0 Å². The minimum Gasteiger partial charge on any atom is -0.313 e. The van der Waals surface area contributed by atoms with Crippen molar-refractivity contribution >= 4 is 22.4 Å². The van der Waals surface area contributed by atoms with Gasteiger partial charge in [0.15, 0.2) is 0 Å². The summed E-state index contributed by atoms with van der Waals surface area (Å²) < 4.78 is 11.1. The fourth-order valence-electron chi connectivity index (χ4n) is 1.72. The van der Waals surface area contributed by atoms with Crippen molar-refractivity contribution < 1.29 is 4.21 Å². The Bertz CT molecular complexity index is 383. The largest absolute Gasteiger partial charge is 0.313 e. The summed E-state index contributed by atoms with van der Waals surface area (Å²) in [6, 6.07) is 8.21. The second-order valence-electron chi connectivity index (χ2n) is 4.51. The first-order chi connectivity index (χ1) is 7.99. The molecule has 0 heterocycles. The third kappa shape index (κ3) is 5.66. The molecule has 0 aliphatic carbocycles. The molecule has 0 fully saturated rings. The van der Waals surface area contributed by atoms with Crippen LogP contribution in [0.25, 0.3) is 0 Å². The lowest BCUT2D eigenvalue weighted by atomic mass is 10.0. The van der Waals surface area contributed by atoms with Gasteiger partial charge in [-0.3, -0.25) is 4.21 Å². The molecular formula is C13H20ClNOS. The molecule has 4 heteroatoms. The topological polar surface area (TPSA) is 29.1 Å². The van der Waals surface area contributed by atoms with Crippen molar-refractivity contribution in [3.63, 3.8) is 0 Å². The molecule has 0 aromatic heterocycles. The fourth-order valence-corrected chi connectivity index (χ4v) is 2.74. The first-order valence-corrected chi connectivity index (χ1v) is 7.88. The zero-order chi connectivity index (χ0) is 12.8. The van der Waals surface area contributed by atoms with Gasteiger partial charge in [-0.05, 0) is 30.5 Å². The van der Waals surface area contributed by atoms with Crippen molar-refractivity contribution in [2.45, 2.75) is 25.8 Å². The Kier molecular flexibility index (Phi) is 6.17. The Morgan fingerprint density at radius 2 is 2.12 bits per heavy atom. The van der Waals surface area contributed by atoms with E-state index in [2.05, 4.69) is 25.2 Å². The first-order valence-electron chi connectivity index (χ1n) is 5.78. The second-order valence-corrected chi connectivity index (χ2v) is 6.42. The lowest BCUT2D eigenvalue weighted by Gasteiger charge is -2.17. The molecule has 0 saturated carbocycles. The van der Waals surface area contributed by atoms with Gasteiger partial charge in [0.1, 0.15) is 0 Å². The number of nitrogens with one attached hydrogen (secondary N) is 1. The maximum atomic E-state index is 11.1. The van der Waals surface area contributed by atoms with E-state index in [0.29, 0.717) is 11.7 Å². The highest BCUT2D eigenvalue weighted by atomic mass is 35.5. The minimum atomic E-state index is -0.742. The van der Waals surface area contributed by atoms with Crippen LogP contribution in [0.15, 0.2) is 24.3 Å². The predicted octanol–water partition coefficient (Wildman–Crippen LogP) is 2.80. The maximum Gasteiger partial charge on any atom is 0.0408 e. The molecule has 0 unspecified atom stereocenters. The van der Waals surface area contributed by atoms with Gasteiger partial charge in [-0.2, -0.15) is 0 Å². The summed E-state index contributed by atoms with van der Waals surface area (Å²) in [4.78, 5) is 0. The number of hydrogen-bond acceptors (Lipinski definition) is 2. The summed E-state index contributed by atoms with van der Waals surface area (Å²) in [5, 5.41) is 4.17. The van der Waals surface area contributed by atoms with Gasteiger partial charge in [0.25, 0.3) is 0 Å². The molecule has 0 saturated heterocycles. The molecule has 96 valence electrons. The van der Waals surface area contributed by atoms with Crippen molar-refractivity contribution in [3.8, 4) is 0 Å². The van der Waals surface area contributed by atoms with Gasteiger partial charge < -0.3 is 5.32 Å². The summed E-state index contributed by atoms with van der Waals surface area (Å²) in [5.74, 6) is 1.10. The van der Waals surface area contributed by atoms with E-state index in [1.54, 1.807) is 6.26 Å². The molecule has 0 aliphatic rings. The highest BCUT2D eigenvalue weighted by molar-refractivity contribution is 7.84. The van der Waals surface area contributed by atoms with Crippen molar-refractivity contribution in [3.05, 3.63) is 34.9 Å². The third-order valence-electron chi connectivity index (χ3n) is 2.67. The quantitative estimate of drug-likeness (QED) is 0.864. The summed E-state index contributed by atoms with van der Waals surface area (Å²) in [5.41, 5.74) is 1.23. The highest BCUT2D eigenvalue weighted by Crippen LogP contribution is 2.18. The number of halogens is 1. The third-order valence-corrected chi connectivity index (χ3v) is 3.88. The Morgan fingerprint density at radius 1 is 1.41 bits per heavy atom. The van der Waals surface area contributed by atoms with Gasteiger partial charge in [0, 0.05) is 40.4 Å². The van der Waals surface area contributed by atoms with Crippen LogP contribution in [-0.4, -0.2) is 28.8 Å². The molecule has 0 amide bonds. The summed E-state index contributed by atoms with van der Waals surface area (Å²) in [7, 11) is -0.742. The van der Waals surface area contributed by atoms with E-state index in [4.69, 9.17) is 11.6 Å². The van der Waals surface area contributed by atoms with E-state index >= 15 is 0 Å². The Hall–Kier alpha value is -0.380. The van der Waals surface area contributed by atoms with Crippen LogP contribution in [0.3, 0.4) is 0 Å². The molecule has 1 aromatic rings. The summed E-state index contributed by atoms with van der Waals surface area (Å²) >= 11 is 5.96. The maximum absolute atomic E-state index is 11.1. The molecule has 0 spiro atoms. The van der Waals surface area contributed by atoms with Crippen LogP contribution in [0.4, 0.5) is 0 Å². The molecule has 1 N–H and O–H groups in total. The van der Waals surface area contributed by atoms with E-state index in [9.17, 15) is 4.21 Å². The molecule has 0 aliphatic heterocycles. The van der Waals surface area contributed by atoms with Crippen molar-refractivity contribution in [2.24, 2.45) is 0 Å². The van der Waals surface area contributed by atoms with E-state index in [-0.39, 0.29) is 6.04 Å². The second kappa shape index (κ2) is 7.14. The van der Waals surface area contributed by atoms with Crippen LogP contribution in [0.2, 0.25) is 5.02 Å². The average molecular weight is 274 g/mol. The smallest absolute Gasteiger partial charge is 0.0408 e. The van der Waals surface area contributed by atoms with Crippen LogP contribution in [0.1, 0.15) is 25.3 Å². The molecule has 2 nitrogen and oxygen atoms in total. The van der Waals surface area contributed by atoms with Crippen molar-refractivity contribution in [2.75, 3.05) is 18.6 Å². The number of hydrogen-bond donors (Lipinski definition) is 1. The summed E-state index contributed by atoms with van der Waals surface area (Å²) in [6.07, 6.45) is 1.73. The van der Waals surface area contributed by atoms with Gasteiger partial charge in [0.05, 0.1) is 0 Å². The molecular weight excluding hydrogens is 254 g/mol. The molecule has 1 aromatic carbocycles. The Morgan fingerprint density at radius 3 is 2.71 bits per heavy atom. The van der Waals surface area contributed by atoms with Crippen molar-refractivity contribution in [1.29, 1.82) is 0 Å². The van der Waals surface area contributed by atoms with Crippen LogP contribution >= 0.6 is 11.6 Å². The van der Waals surface area contributed by atoms with Gasteiger partial charge in [0.2, 0.25) is 0 Å². The van der Waals surface area contributed by atoms with E-state index in [0.717, 1.165) is 11.6 Å². The van der Waals surface area contributed by atoms with Gasteiger partial charge in [-0.1, -0.05) is 30.7 Å². The van der Waals surface area contributed by atoms with E-state index in [1.165, 1.54) is 5.56 Å². The van der Waals surface area contributed by atoms with E-state index < -0.39 is 10.8 Å². The summed E-state index contributed by atoms with van der Waals surface area (Å²) in [6.45, 7) is 5.10. The van der Waals surface area contributed by atoms with Crippen LogP contribution in [0.5, 0.6) is 0 Å². The van der Waals surface area contributed by atoms with E-state index in [1.807, 2.05) is 18.2 Å².